The van der Waals surface area contributed by atoms with Crippen molar-refractivity contribution >= 4 is 5.82 Å². The summed E-state index contributed by atoms with van der Waals surface area (Å²) in [6, 6.07) is 0. The normalized spacial score (nSPS) is 10.8. The summed E-state index contributed by atoms with van der Waals surface area (Å²) in [5.74, 6) is 1.08. The highest BCUT2D eigenvalue weighted by Crippen LogP contribution is 2.10. The Bertz CT molecular complexity index is 219. The van der Waals surface area contributed by atoms with Gasteiger partial charge in [0.25, 0.3) is 0 Å². The molecule has 4 nitrogen and oxygen atoms in total. The molecule has 0 radical (unpaired) electrons. The van der Waals surface area contributed by atoms with Crippen LogP contribution in [0.25, 0.3) is 0 Å². The van der Waals surface area contributed by atoms with Gasteiger partial charge in [-0.1, -0.05) is 19.0 Å². The molecular formula is C7H13N3O. The van der Waals surface area contributed by atoms with Gasteiger partial charge in [-0.2, -0.15) is 0 Å². The molecule has 0 bridgehead atoms. The molecule has 4 heteroatoms. The smallest absolute Gasteiger partial charge is 0.191 e. The summed E-state index contributed by atoms with van der Waals surface area (Å²) in [5.41, 5.74) is 6.24. The number of aryl methyl sites for hydroxylation is 1. The molecule has 1 rings (SSSR count). The quantitative estimate of drug-likeness (QED) is 0.713. The summed E-state index contributed by atoms with van der Waals surface area (Å²) in [5, 5.41) is 7.16. The molecule has 1 heterocycles. The number of nitrogens with zero attached hydrogens (tertiary/aromatic N) is 2. The van der Waals surface area contributed by atoms with Gasteiger partial charge in [0.15, 0.2) is 5.82 Å². The van der Waals surface area contributed by atoms with Crippen LogP contribution in [0, 0.1) is 5.92 Å². The number of rotatable bonds is 3. The van der Waals surface area contributed by atoms with Crippen LogP contribution in [-0.2, 0) is 6.42 Å². The minimum atomic E-state index is 0.422. The maximum atomic E-state index is 5.46. The molecule has 0 saturated carbocycles. The molecule has 0 aliphatic rings. The number of nitrogens with two attached hydrogens (primary N) is 1. The highest BCUT2D eigenvalue weighted by Gasteiger charge is 2.05. The number of aromatic nitrogens is 2. The minimum Gasteiger partial charge on any atom is -0.379 e. The van der Waals surface area contributed by atoms with Crippen molar-refractivity contribution < 1.29 is 4.63 Å². The van der Waals surface area contributed by atoms with E-state index < -0.39 is 0 Å². The third-order valence-corrected chi connectivity index (χ3v) is 1.54. The Morgan fingerprint density at radius 2 is 2.18 bits per heavy atom. The molecule has 2 N–H and O–H groups in total. The van der Waals surface area contributed by atoms with Crippen molar-refractivity contribution in [3.63, 3.8) is 0 Å². The molecule has 0 unspecified atom stereocenters. The van der Waals surface area contributed by atoms with E-state index in [1.807, 2.05) is 0 Å². The highest BCUT2D eigenvalue weighted by molar-refractivity contribution is 5.30. The zero-order valence-electron chi connectivity index (χ0n) is 6.87. The van der Waals surface area contributed by atoms with E-state index in [-0.39, 0.29) is 0 Å². The molecule has 0 spiro atoms. The molecule has 1 aromatic heterocycles. The van der Waals surface area contributed by atoms with Gasteiger partial charge in [0.05, 0.1) is 0 Å². The molecule has 0 aromatic carbocycles. The minimum absolute atomic E-state index is 0.422. The van der Waals surface area contributed by atoms with Gasteiger partial charge in [0.1, 0.15) is 5.69 Å². The lowest BCUT2D eigenvalue weighted by Crippen LogP contribution is -1.96. The van der Waals surface area contributed by atoms with Crippen molar-refractivity contribution in [2.24, 2.45) is 5.92 Å². The number of anilines is 1. The molecule has 0 amide bonds. The topological polar surface area (TPSA) is 64.9 Å². The van der Waals surface area contributed by atoms with Gasteiger partial charge in [-0.3, -0.25) is 0 Å². The summed E-state index contributed by atoms with van der Waals surface area (Å²) < 4.78 is 4.45. The fourth-order valence-electron chi connectivity index (χ4n) is 0.812. The molecule has 0 fully saturated rings. The molecule has 0 aliphatic carbocycles. The average molecular weight is 155 g/mol. The van der Waals surface area contributed by atoms with Gasteiger partial charge in [0, 0.05) is 0 Å². The van der Waals surface area contributed by atoms with E-state index in [9.17, 15) is 0 Å². The van der Waals surface area contributed by atoms with E-state index in [0.29, 0.717) is 11.7 Å². The van der Waals surface area contributed by atoms with E-state index in [4.69, 9.17) is 5.73 Å². The van der Waals surface area contributed by atoms with E-state index in [2.05, 4.69) is 28.8 Å². The molecule has 62 valence electrons. The summed E-state index contributed by atoms with van der Waals surface area (Å²) in [7, 11) is 0. The molecular weight excluding hydrogens is 142 g/mol. The lowest BCUT2D eigenvalue weighted by atomic mass is 10.1. The van der Waals surface area contributed by atoms with E-state index in [1.54, 1.807) is 0 Å². The van der Waals surface area contributed by atoms with Crippen LogP contribution in [0.5, 0.6) is 0 Å². The summed E-state index contributed by atoms with van der Waals surface area (Å²) >= 11 is 0. The zero-order valence-corrected chi connectivity index (χ0v) is 6.87. The largest absolute Gasteiger partial charge is 0.379 e. The van der Waals surface area contributed by atoms with Gasteiger partial charge in [-0.05, 0) is 23.9 Å². The van der Waals surface area contributed by atoms with Gasteiger partial charge >= 0.3 is 0 Å². The summed E-state index contributed by atoms with van der Waals surface area (Å²) in [6.45, 7) is 4.31. The first-order valence-electron chi connectivity index (χ1n) is 3.77. The Kier molecular flexibility index (Phi) is 2.46. The summed E-state index contributed by atoms with van der Waals surface area (Å²) in [4.78, 5) is 0. The number of hydrogen-bond acceptors (Lipinski definition) is 4. The van der Waals surface area contributed by atoms with Crippen molar-refractivity contribution in [3.8, 4) is 0 Å². The van der Waals surface area contributed by atoms with Gasteiger partial charge in [-0.25, -0.2) is 4.63 Å². The Labute approximate surface area is 65.7 Å². The maximum Gasteiger partial charge on any atom is 0.191 e. The highest BCUT2D eigenvalue weighted by atomic mass is 16.6. The van der Waals surface area contributed by atoms with Crippen molar-refractivity contribution in [3.05, 3.63) is 5.69 Å². The van der Waals surface area contributed by atoms with Gasteiger partial charge in [-0.15, -0.1) is 0 Å². The molecule has 0 saturated heterocycles. The standard InChI is InChI=1S/C7H13N3O/c1-5(2)3-4-6-7(8)10-11-9-6/h5H,3-4H2,1-2H3,(H2,8,10). The fourth-order valence-corrected chi connectivity index (χ4v) is 0.812. The van der Waals surface area contributed by atoms with E-state index >= 15 is 0 Å². The number of nitrogen functional groups attached to an aromatic ring is 1. The Hall–Kier alpha value is -1.06. The molecule has 11 heavy (non-hydrogen) atoms. The van der Waals surface area contributed by atoms with Crippen LogP contribution in [0.2, 0.25) is 0 Å². The lowest BCUT2D eigenvalue weighted by molar-refractivity contribution is 0.304. The van der Waals surface area contributed by atoms with Gasteiger partial charge in [0.2, 0.25) is 0 Å². The van der Waals surface area contributed by atoms with Crippen molar-refractivity contribution in [1.82, 2.24) is 10.3 Å². The average Bonchev–Trinajstić information content (AvgIpc) is 2.31. The van der Waals surface area contributed by atoms with E-state index in [1.165, 1.54) is 0 Å². The Morgan fingerprint density at radius 3 is 2.64 bits per heavy atom. The molecule has 0 atom stereocenters. The van der Waals surface area contributed by atoms with Crippen LogP contribution in [0.4, 0.5) is 5.82 Å². The van der Waals surface area contributed by atoms with Gasteiger partial charge < -0.3 is 5.73 Å². The second-order valence-electron chi connectivity index (χ2n) is 3.03. The van der Waals surface area contributed by atoms with Crippen LogP contribution in [-0.4, -0.2) is 10.3 Å². The van der Waals surface area contributed by atoms with Crippen LogP contribution >= 0.6 is 0 Å². The fraction of sp³-hybridized carbons (Fsp3) is 0.714. The number of hydrogen-bond donors (Lipinski definition) is 1. The maximum absolute atomic E-state index is 5.46. The zero-order chi connectivity index (χ0) is 8.27. The van der Waals surface area contributed by atoms with Crippen molar-refractivity contribution in [2.45, 2.75) is 26.7 Å². The predicted octanol–water partition coefficient (Wildman–Crippen LogP) is 1.24. The molecule has 0 aliphatic heterocycles. The third-order valence-electron chi connectivity index (χ3n) is 1.54. The lowest BCUT2D eigenvalue weighted by Gasteiger charge is -1.99. The van der Waals surface area contributed by atoms with Crippen LogP contribution in [0.3, 0.4) is 0 Å². The SMILES string of the molecule is CC(C)CCc1nonc1N. The Balaban J connectivity index is 2.44. The third kappa shape index (κ3) is 2.22. The monoisotopic (exact) mass is 155 g/mol. The first kappa shape index (κ1) is 8.04. The summed E-state index contributed by atoms with van der Waals surface area (Å²) in [6.07, 6.45) is 1.92. The second-order valence-corrected chi connectivity index (χ2v) is 3.03. The first-order chi connectivity index (χ1) is 5.20. The van der Waals surface area contributed by atoms with Crippen LogP contribution in [0.15, 0.2) is 4.63 Å². The van der Waals surface area contributed by atoms with Crippen molar-refractivity contribution in [2.75, 3.05) is 5.73 Å². The van der Waals surface area contributed by atoms with Crippen LogP contribution < -0.4 is 5.73 Å². The first-order valence-corrected chi connectivity index (χ1v) is 3.77. The Morgan fingerprint density at radius 1 is 1.45 bits per heavy atom. The van der Waals surface area contributed by atoms with Crippen molar-refractivity contribution in [1.29, 1.82) is 0 Å². The van der Waals surface area contributed by atoms with Crippen LogP contribution in [0.1, 0.15) is 26.0 Å². The predicted molar refractivity (Wildman–Crippen MR) is 41.9 cm³/mol. The second kappa shape index (κ2) is 3.37. The van der Waals surface area contributed by atoms with E-state index in [0.717, 1.165) is 18.5 Å². The molecule has 1 aromatic rings.